The SMILES string of the molecule is CCN(Cc1noc(CC(C)C)n1)Cc1cc(C)n(-n2cnnc2)c1C. The quantitative estimate of drug-likeness (QED) is 0.617. The van der Waals surface area contributed by atoms with Crippen LogP contribution < -0.4 is 0 Å². The molecule has 0 saturated heterocycles. The minimum atomic E-state index is 0.508. The summed E-state index contributed by atoms with van der Waals surface area (Å²) in [5.41, 5.74) is 3.59. The Kier molecular flexibility index (Phi) is 5.51. The van der Waals surface area contributed by atoms with Crippen LogP contribution in [0.3, 0.4) is 0 Å². The van der Waals surface area contributed by atoms with Crippen molar-refractivity contribution in [3.63, 3.8) is 0 Å². The van der Waals surface area contributed by atoms with E-state index in [9.17, 15) is 0 Å². The van der Waals surface area contributed by atoms with Crippen molar-refractivity contribution in [1.29, 1.82) is 0 Å². The number of aryl methyl sites for hydroxylation is 1. The Bertz CT molecular complexity index is 832. The van der Waals surface area contributed by atoms with Crippen molar-refractivity contribution >= 4 is 0 Å². The molecule has 0 radical (unpaired) electrons. The molecule has 0 aliphatic heterocycles. The lowest BCUT2D eigenvalue weighted by Gasteiger charge is -2.18. The maximum absolute atomic E-state index is 5.36. The molecule has 0 aliphatic carbocycles. The van der Waals surface area contributed by atoms with Gasteiger partial charge in [-0.25, -0.2) is 4.68 Å². The standard InChI is InChI=1S/C18H27N7O/c1-6-23(10-17-21-18(26-22-17)7-13(2)3)9-16-8-14(4)25(15(16)5)24-11-19-20-12-24/h8,11-13H,6-7,9-10H2,1-5H3. The lowest BCUT2D eigenvalue weighted by atomic mass is 10.1. The first kappa shape index (κ1) is 18.3. The molecule has 3 rings (SSSR count). The maximum atomic E-state index is 5.36. The van der Waals surface area contributed by atoms with E-state index in [0.717, 1.165) is 36.9 Å². The van der Waals surface area contributed by atoms with Crippen molar-refractivity contribution in [3.8, 4) is 0 Å². The highest BCUT2D eigenvalue weighted by atomic mass is 16.5. The molecule has 0 aliphatic rings. The zero-order valence-electron chi connectivity index (χ0n) is 16.2. The summed E-state index contributed by atoms with van der Waals surface area (Å²) in [5.74, 6) is 1.97. The summed E-state index contributed by atoms with van der Waals surface area (Å²) in [5, 5.41) is 11.9. The van der Waals surface area contributed by atoms with Gasteiger partial charge in [-0.3, -0.25) is 9.58 Å². The topological polar surface area (TPSA) is 77.8 Å². The number of hydrogen-bond donors (Lipinski definition) is 0. The van der Waals surface area contributed by atoms with Crippen LogP contribution in [0.5, 0.6) is 0 Å². The molecule has 0 amide bonds. The Hall–Kier alpha value is -2.48. The summed E-state index contributed by atoms with van der Waals surface area (Å²) in [6, 6.07) is 2.21. The van der Waals surface area contributed by atoms with E-state index >= 15 is 0 Å². The van der Waals surface area contributed by atoms with Crippen molar-refractivity contribution in [1.82, 2.24) is 34.6 Å². The third kappa shape index (κ3) is 4.01. The summed E-state index contributed by atoms with van der Waals surface area (Å²) < 4.78 is 9.36. The third-order valence-electron chi connectivity index (χ3n) is 4.44. The van der Waals surface area contributed by atoms with Gasteiger partial charge in [-0.1, -0.05) is 25.9 Å². The molecule has 3 aromatic heterocycles. The highest BCUT2D eigenvalue weighted by Gasteiger charge is 2.16. The molecule has 8 heteroatoms. The molecule has 0 saturated carbocycles. The summed E-state index contributed by atoms with van der Waals surface area (Å²) in [6.45, 7) is 13.1. The molecule has 0 N–H and O–H groups in total. The Labute approximate surface area is 153 Å². The summed E-state index contributed by atoms with van der Waals surface area (Å²) in [7, 11) is 0. The van der Waals surface area contributed by atoms with Crippen LogP contribution >= 0.6 is 0 Å². The van der Waals surface area contributed by atoms with Gasteiger partial charge >= 0.3 is 0 Å². The molecule has 0 aromatic carbocycles. The Balaban J connectivity index is 1.72. The Morgan fingerprint density at radius 3 is 2.54 bits per heavy atom. The van der Waals surface area contributed by atoms with Gasteiger partial charge < -0.3 is 4.52 Å². The molecule has 0 bridgehead atoms. The highest BCUT2D eigenvalue weighted by molar-refractivity contribution is 5.27. The molecule has 140 valence electrons. The van der Waals surface area contributed by atoms with Gasteiger partial charge in [0.15, 0.2) is 5.82 Å². The average Bonchev–Trinajstić information content (AvgIpc) is 3.29. The molecule has 3 aromatic rings. The zero-order chi connectivity index (χ0) is 18.7. The zero-order valence-corrected chi connectivity index (χ0v) is 16.2. The predicted molar refractivity (Wildman–Crippen MR) is 97.4 cm³/mol. The second-order valence-electron chi connectivity index (χ2n) is 7.06. The van der Waals surface area contributed by atoms with Gasteiger partial charge in [-0.05, 0) is 37.9 Å². The summed E-state index contributed by atoms with van der Waals surface area (Å²) in [4.78, 5) is 6.83. The fourth-order valence-electron chi connectivity index (χ4n) is 3.14. The van der Waals surface area contributed by atoms with Gasteiger partial charge in [0.1, 0.15) is 12.7 Å². The molecule has 26 heavy (non-hydrogen) atoms. The molecule has 0 fully saturated rings. The monoisotopic (exact) mass is 357 g/mol. The third-order valence-corrected chi connectivity index (χ3v) is 4.44. The van der Waals surface area contributed by atoms with E-state index in [1.165, 1.54) is 11.3 Å². The van der Waals surface area contributed by atoms with E-state index in [1.54, 1.807) is 12.7 Å². The first-order valence-electron chi connectivity index (χ1n) is 9.04. The molecule has 8 nitrogen and oxygen atoms in total. The van der Waals surface area contributed by atoms with Gasteiger partial charge in [0.2, 0.25) is 5.89 Å². The van der Waals surface area contributed by atoms with Crippen LogP contribution in [0.15, 0.2) is 23.2 Å². The van der Waals surface area contributed by atoms with Gasteiger partial charge in [-0.15, -0.1) is 10.2 Å². The van der Waals surface area contributed by atoms with Crippen LogP contribution in [-0.2, 0) is 19.5 Å². The smallest absolute Gasteiger partial charge is 0.226 e. The normalized spacial score (nSPS) is 11.8. The van der Waals surface area contributed by atoms with E-state index in [0.29, 0.717) is 12.5 Å². The van der Waals surface area contributed by atoms with E-state index in [-0.39, 0.29) is 0 Å². The molecule has 0 spiro atoms. The molecule has 0 unspecified atom stereocenters. The van der Waals surface area contributed by atoms with Crippen molar-refractivity contribution in [2.45, 2.75) is 54.1 Å². The van der Waals surface area contributed by atoms with E-state index in [4.69, 9.17) is 4.52 Å². The Morgan fingerprint density at radius 1 is 1.15 bits per heavy atom. The molecule has 3 heterocycles. The van der Waals surface area contributed by atoms with Crippen LogP contribution in [0.25, 0.3) is 0 Å². The minimum absolute atomic E-state index is 0.508. The van der Waals surface area contributed by atoms with Crippen molar-refractivity contribution in [2.24, 2.45) is 5.92 Å². The average molecular weight is 357 g/mol. The van der Waals surface area contributed by atoms with E-state index < -0.39 is 0 Å². The van der Waals surface area contributed by atoms with Crippen LogP contribution in [0.2, 0.25) is 0 Å². The molecular formula is C18H27N7O. The van der Waals surface area contributed by atoms with Crippen molar-refractivity contribution < 1.29 is 4.52 Å². The van der Waals surface area contributed by atoms with Crippen LogP contribution in [-0.4, -0.2) is 41.1 Å². The first-order valence-corrected chi connectivity index (χ1v) is 9.04. The Morgan fingerprint density at radius 2 is 1.88 bits per heavy atom. The van der Waals surface area contributed by atoms with Gasteiger partial charge in [-0.2, -0.15) is 4.98 Å². The number of rotatable bonds is 8. The minimum Gasteiger partial charge on any atom is -0.339 e. The largest absolute Gasteiger partial charge is 0.339 e. The summed E-state index contributed by atoms with van der Waals surface area (Å²) in [6.07, 6.45) is 4.23. The summed E-state index contributed by atoms with van der Waals surface area (Å²) >= 11 is 0. The van der Waals surface area contributed by atoms with Crippen LogP contribution in [0.4, 0.5) is 0 Å². The van der Waals surface area contributed by atoms with E-state index in [1.807, 2.05) is 4.68 Å². The highest BCUT2D eigenvalue weighted by Crippen LogP contribution is 2.18. The van der Waals surface area contributed by atoms with Crippen molar-refractivity contribution in [3.05, 3.63) is 47.4 Å². The lowest BCUT2D eigenvalue weighted by Crippen LogP contribution is -2.23. The van der Waals surface area contributed by atoms with Crippen LogP contribution in [0, 0.1) is 19.8 Å². The fourth-order valence-corrected chi connectivity index (χ4v) is 3.14. The lowest BCUT2D eigenvalue weighted by molar-refractivity contribution is 0.258. The van der Waals surface area contributed by atoms with Crippen LogP contribution in [0.1, 0.15) is 49.4 Å². The predicted octanol–water partition coefficient (Wildman–Crippen LogP) is 2.61. The number of nitrogens with zero attached hydrogens (tertiary/aromatic N) is 7. The fraction of sp³-hybridized carbons (Fsp3) is 0.556. The first-order chi connectivity index (χ1) is 12.5. The number of aromatic nitrogens is 6. The van der Waals surface area contributed by atoms with Gasteiger partial charge in [0, 0.05) is 24.4 Å². The molecule has 0 atom stereocenters. The van der Waals surface area contributed by atoms with Gasteiger partial charge in [0.05, 0.1) is 6.54 Å². The second-order valence-corrected chi connectivity index (χ2v) is 7.06. The number of hydrogen-bond acceptors (Lipinski definition) is 6. The second kappa shape index (κ2) is 7.82. The van der Waals surface area contributed by atoms with Crippen molar-refractivity contribution in [2.75, 3.05) is 6.54 Å². The maximum Gasteiger partial charge on any atom is 0.226 e. The van der Waals surface area contributed by atoms with E-state index in [2.05, 4.69) is 70.6 Å². The van der Waals surface area contributed by atoms with Gasteiger partial charge in [0.25, 0.3) is 0 Å². The molecular weight excluding hydrogens is 330 g/mol.